The van der Waals surface area contributed by atoms with Crippen LogP contribution in [-0.2, 0) is 21.0 Å². The van der Waals surface area contributed by atoms with E-state index in [-0.39, 0.29) is 11.9 Å². The van der Waals surface area contributed by atoms with E-state index in [4.69, 9.17) is 9.94 Å². The Kier molecular flexibility index (Phi) is 5.35. The maximum atomic E-state index is 11.2. The Morgan fingerprint density at radius 3 is 2.47 bits per heavy atom. The third-order valence-corrected chi connectivity index (χ3v) is 2.33. The van der Waals surface area contributed by atoms with Crippen LogP contribution in [0.15, 0.2) is 35.5 Å². The maximum Gasteiger partial charge on any atom is 0.361 e. The first-order valence-corrected chi connectivity index (χ1v) is 5.83. The average Bonchev–Trinajstić information content (AvgIpc) is 2.34. The number of alkyl halides is 1. The number of carboxylic acid groups (broad SMARTS) is 1. The van der Waals surface area contributed by atoms with Crippen LogP contribution in [0.3, 0.4) is 0 Å². The summed E-state index contributed by atoms with van der Waals surface area (Å²) < 4.78 is 0. The quantitative estimate of drug-likeness (QED) is 0.375. The fraction of sp³-hybridized carbons (Fsp3) is 0.182. The monoisotopic (exact) mass is 299 g/mol. The summed E-state index contributed by atoms with van der Waals surface area (Å²) in [6.45, 7) is 0.118. The Hall–Kier alpha value is -1.69. The van der Waals surface area contributed by atoms with Gasteiger partial charge in [0.15, 0.2) is 0 Å². The molecule has 0 radical (unpaired) electrons. The van der Waals surface area contributed by atoms with Gasteiger partial charge in [-0.1, -0.05) is 51.4 Å². The molecule has 0 aromatic heterocycles. The smallest absolute Gasteiger partial charge is 0.361 e. The summed E-state index contributed by atoms with van der Waals surface area (Å²) in [6, 6.07) is 9.11. The van der Waals surface area contributed by atoms with Crippen molar-refractivity contribution >= 4 is 33.4 Å². The molecule has 1 aromatic rings. The van der Waals surface area contributed by atoms with Crippen molar-refractivity contribution in [2.75, 3.05) is 5.33 Å². The highest BCUT2D eigenvalue weighted by Crippen LogP contribution is 2.01. The van der Waals surface area contributed by atoms with Crippen LogP contribution in [0.1, 0.15) is 5.56 Å². The van der Waals surface area contributed by atoms with Crippen molar-refractivity contribution in [2.24, 2.45) is 5.16 Å². The molecule has 0 aliphatic carbocycles. The molecule has 5 nitrogen and oxygen atoms in total. The number of carboxylic acids is 1. The predicted octanol–water partition coefficient (Wildman–Crippen LogP) is 1.61. The highest BCUT2D eigenvalue weighted by Gasteiger charge is 2.19. The van der Waals surface area contributed by atoms with Gasteiger partial charge in [-0.15, -0.1) is 0 Å². The third kappa shape index (κ3) is 4.36. The molecule has 0 saturated carbocycles. The number of ketones is 1. The van der Waals surface area contributed by atoms with Gasteiger partial charge in [-0.2, -0.15) is 0 Å². The van der Waals surface area contributed by atoms with Crippen LogP contribution in [-0.4, -0.2) is 27.9 Å². The molecule has 0 bridgehead atoms. The van der Waals surface area contributed by atoms with Crippen LogP contribution in [0.25, 0.3) is 0 Å². The van der Waals surface area contributed by atoms with Gasteiger partial charge in [0, 0.05) is 0 Å². The van der Waals surface area contributed by atoms with Gasteiger partial charge in [0.05, 0.1) is 5.33 Å². The highest BCUT2D eigenvalue weighted by atomic mass is 79.9. The minimum Gasteiger partial charge on any atom is -0.476 e. The molecule has 0 fully saturated rings. The first-order valence-electron chi connectivity index (χ1n) is 4.71. The number of carbonyl (C=O) groups is 2. The molecule has 0 amide bonds. The van der Waals surface area contributed by atoms with Crippen molar-refractivity contribution in [3.8, 4) is 0 Å². The van der Waals surface area contributed by atoms with Gasteiger partial charge in [-0.05, 0) is 5.56 Å². The summed E-state index contributed by atoms with van der Waals surface area (Å²) in [5.41, 5.74) is 0.227. The van der Waals surface area contributed by atoms with Crippen LogP contribution in [0.2, 0.25) is 0 Å². The predicted molar refractivity (Wildman–Crippen MR) is 65.1 cm³/mol. The van der Waals surface area contributed by atoms with Crippen molar-refractivity contribution in [3.05, 3.63) is 35.9 Å². The Morgan fingerprint density at radius 2 is 1.94 bits per heavy atom. The van der Waals surface area contributed by atoms with Crippen molar-refractivity contribution in [1.29, 1.82) is 0 Å². The second-order valence-electron chi connectivity index (χ2n) is 3.06. The summed E-state index contributed by atoms with van der Waals surface area (Å²) in [5, 5.41) is 11.9. The summed E-state index contributed by atoms with van der Waals surface area (Å²) in [5.74, 6) is -2.03. The number of nitrogens with zero attached hydrogens (tertiary/aromatic N) is 1. The van der Waals surface area contributed by atoms with Crippen LogP contribution >= 0.6 is 15.9 Å². The molecule has 1 rings (SSSR count). The van der Waals surface area contributed by atoms with Gasteiger partial charge in [0.25, 0.3) is 0 Å². The van der Waals surface area contributed by atoms with Gasteiger partial charge in [-0.3, -0.25) is 4.79 Å². The topological polar surface area (TPSA) is 76.0 Å². The molecule has 1 N–H and O–H groups in total. The van der Waals surface area contributed by atoms with E-state index in [9.17, 15) is 9.59 Å². The van der Waals surface area contributed by atoms with Gasteiger partial charge in [-0.25, -0.2) is 4.79 Å². The number of benzene rings is 1. The Morgan fingerprint density at radius 1 is 1.29 bits per heavy atom. The van der Waals surface area contributed by atoms with Crippen LogP contribution in [0.5, 0.6) is 0 Å². The minimum atomic E-state index is -1.40. The van der Waals surface area contributed by atoms with Crippen molar-refractivity contribution in [3.63, 3.8) is 0 Å². The lowest BCUT2D eigenvalue weighted by molar-refractivity contribution is -0.130. The van der Waals surface area contributed by atoms with E-state index in [2.05, 4.69) is 21.1 Å². The minimum absolute atomic E-state index is 0.104. The van der Waals surface area contributed by atoms with Crippen LogP contribution in [0.4, 0.5) is 0 Å². The zero-order valence-electron chi connectivity index (χ0n) is 8.80. The number of Topliss-reactive ketones (excluding diaryl/α,β-unsaturated/α-hetero) is 1. The molecular formula is C11H10BrNO4. The standard InChI is InChI=1S/C11H10BrNO4/c12-6-9(14)10(11(15)16)13-17-7-8-4-2-1-3-5-8/h1-5H,6-7H2,(H,15,16)/b13-10-. The number of hydrogen-bond donors (Lipinski definition) is 1. The lowest BCUT2D eigenvalue weighted by atomic mass is 10.2. The molecule has 1 aromatic carbocycles. The van der Waals surface area contributed by atoms with E-state index in [0.29, 0.717) is 0 Å². The summed E-state index contributed by atoms with van der Waals surface area (Å²) in [6.07, 6.45) is 0. The molecule has 0 atom stereocenters. The van der Waals surface area contributed by atoms with E-state index in [1.54, 1.807) is 0 Å². The van der Waals surface area contributed by atoms with Crippen molar-refractivity contribution < 1.29 is 19.5 Å². The van der Waals surface area contributed by atoms with E-state index in [0.717, 1.165) is 5.56 Å². The maximum absolute atomic E-state index is 11.2. The molecule has 0 saturated heterocycles. The third-order valence-electron chi connectivity index (χ3n) is 1.82. The van der Waals surface area contributed by atoms with E-state index < -0.39 is 17.5 Å². The van der Waals surface area contributed by atoms with Crippen LogP contribution in [0, 0.1) is 0 Å². The van der Waals surface area contributed by atoms with Gasteiger partial charge in [0.2, 0.25) is 11.5 Å². The Labute approximate surface area is 106 Å². The SMILES string of the molecule is O=C(O)/C(=N\OCc1ccccc1)C(=O)CBr. The summed E-state index contributed by atoms with van der Waals surface area (Å²) in [7, 11) is 0. The lowest BCUT2D eigenvalue weighted by Crippen LogP contribution is -2.25. The Bertz CT molecular complexity index is 430. The number of hydrogen-bond acceptors (Lipinski definition) is 4. The normalized spacial score (nSPS) is 11.0. The Balaban J connectivity index is 2.62. The fourth-order valence-corrected chi connectivity index (χ4v) is 1.28. The number of rotatable bonds is 6. The van der Waals surface area contributed by atoms with E-state index in [1.165, 1.54) is 0 Å². The van der Waals surface area contributed by atoms with E-state index >= 15 is 0 Å². The largest absolute Gasteiger partial charge is 0.476 e. The van der Waals surface area contributed by atoms with E-state index in [1.807, 2.05) is 30.3 Å². The fourth-order valence-electron chi connectivity index (χ4n) is 1.02. The molecule has 0 unspecified atom stereocenters. The summed E-state index contributed by atoms with van der Waals surface area (Å²) >= 11 is 2.87. The second kappa shape index (κ2) is 6.80. The molecule has 17 heavy (non-hydrogen) atoms. The second-order valence-corrected chi connectivity index (χ2v) is 3.62. The molecule has 0 spiro atoms. The number of halogens is 1. The average molecular weight is 300 g/mol. The lowest BCUT2D eigenvalue weighted by Gasteiger charge is -2.01. The molecule has 0 heterocycles. The zero-order chi connectivity index (χ0) is 12.7. The zero-order valence-corrected chi connectivity index (χ0v) is 10.4. The van der Waals surface area contributed by atoms with Crippen LogP contribution < -0.4 is 0 Å². The molecule has 90 valence electrons. The van der Waals surface area contributed by atoms with Gasteiger partial charge >= 0.3 is 5.97 Å². The van der Waals surface area contributed by atoms with Crippen molar-refractivity contribution in [1.82, 2.24) is 0 Å². The van der Waals surface area contributed by atoms with Gasteiger partial charge in [0.1, 0.15) is 6.61 Å². The number of aliphatic carboxylic acids is 1. The molecule has 0 aliphatic heterocycles. The number of oxime groups is 1. The molecular weight excluding hydrogens is 290 g/mol. The van der Waals surface area contributed by atoms with Crippen molar-refractivity contribution in [2.45, 2.75) is 6.61 Å². The summed E-state index contributed by atoms with van der Waals surface area (Å²) in [4.78, 5) is 26.7. The number of carbonyl (C=O) groups excluding carboxylic acids is 1. The first kappa shape index (κ1) is 13.4. The molecule has 6 heteroatoms. The van der Waals surface area contributed by atoms with Gasteiger partial charge < -0.3 is 9.94 Å². The molecule has 0 aliphatic rings. The first-order chi connectivity index (χ1) is 8.15. The highest BCUT2D eigenvalue weighted by molar-refractivity contribution is 9.09.